The second-order valence-corrected chi connectivity index (χ2v) is 3.35. The molecule has 1 heteroatoms. The molecule has 0 bridgehead atoms. The number of halogens is 1. The molecule has 1 rings (SSSR count). The Morgan fingerprint density at radius 3 is 2.22 bits per heavy atom. The number of hydrogen-bond donors (Lipinski definition) is 0. The summed E-state index contributed by atoms with van der Waals surface area (Å²) in [5, 5.41) is 0. The predicted octanol–water partition coefficient (Wildman–Crippen LogP) is 2.78. The highest BCUT2D eigenvalue weighted by Gasteiger charge is 2.28. The average Bonchev–Trinajstić information content (AvgIpc) is 2.13. The van der Waals surface area contributed by atoms with Crippen molar-refractivity contribution in [3.8, 4) is 0 Å². The van der Waals surface area contributed by atoms with Crippen LogP contribution in [0, 0.1) is 11.8 Å². The fourth-order valence-electron chi connectivity index (χ4n) is 1.69. The molecular weight excluding hydrogens is 115 g/mol. The van der Waals surface area contributed by atoms with E-state index < -0.39 is 6.17 Å². The lowest BCUT2D eigenvalue weighted by molar-refractivity contribution is 0.215. The van der Waals surface area contributed by atoms with Crippen molar-refractivity contribution in [3.63, 3.8) is 0 Å². The highest BCUT2D eigenvalue weighted by atomic mass is 19.1. The Kier molecular flexibility index (Phi) is 2.09. The van der Waals surface area contributed by atoms with Gasteiger partial charge in [0, 0.05) is 0 Å². The lowest BCUT2D eigenvalue weighted by atomic mass is 9.93. The molecule has 0 radical (unpaired) electrons. The third-order valence-electron chi connectivity index (χ3n) is 2.34. The molecule has 2 atom stereocenters. The van der Waals surface area contributed by atoms with Crippen LogP contribution < -0.4 is 0 Å². The Bertz CT molecular complexity index is 88.6. The molecule has 0 heterocycles. The fraction of sp³-hybridized carbons (Fsp3) is 1.00. The van der Waals surface area contributed by atoms with E-state index in [9.17, 15) is 4.39 Å². The number of alkyl halides is 1. The monoisotopic (exact) mass is 130 g/mol. The van der Waals surface area contributed by atoms with Gasteiger partial charge in [-0.2, -0.15) is 0 Å². The van der Waals surface area contributed by atoms with Crippen LogP contribution >= 0.6 is 0 Å². The molecule has 0 nitrogen and oxygen atoms in total. The highest BCUT2D eigenvalue weighted by molar-refractivity contribution is 4.78. The van der Waals surface area contributed by atoms with Gasteiger partial charge in [-0.05, 0) is 24.7 Å². The minimum absolute atomic E-state index is 0.366. The van der Waals surface area contributed by atoms with Crippen LogP contribution in [0.4, 0.5) is 4.39 Å². The van der Waals surface area contributed by atoms with Crippen LogP contribution in [0.1, 0.15) is 33.1 Å². The van der Waals surface area contributed by atoms with Crippen molar-refractivity contribution in [1.82, 2.24) is 0 Å². The van der Waals surface area contributed by atoms with E-state index in [4.69, 9.17) is 0 Å². The molecule has 1 fully saturated rings. The number of hydrogen-bond acceptors (Lipinski definition) is 0. The van der Waals surface area contributed by atoms with Gasteiger partial charge in [0.15, 0.2) is 0 Å². The summed E-state index contributed by atoms with van der Waals surface area (Å²) in [5.41, 5.74) is 0. The Balaban J connectivity index is 2.40. The third-order valence-corrected chi connectivity index (χ3v) is 2.34. The van der Waals surface area contributed by atoms with Crippen LogP contribution in [-0.4, -0.2) is 6.17 Å². The van der Waals surface area contributed by atoms with Gasteiger partial charge in [-0.15, -0.1) is 0 Å². The highest BCUT2D eigenvalue weighted by Crippen LogP contribution is 2.33. The van der Waals surface area contributed by atoms with E-state index in [0.29, 0.717) is 11.8 Å². The third kappa shape index (κ3) is 1.44. The van der Waals surface area contributed by atoms with Gasteiger partial charge < -0.3 is 0 Å². The molecule has 0 aliphatic heterocycles. The van der Waals surface area contributed by atoms with E-state index in [2.05, 4.69) is 13.8 Å². The van der Waals surface area contributed by atoms with Gasteiger partial charge in [-0.25, -0.2) is 4.39 Å². The zero-order valence-electron chi connectivity index (χ0n) is 6.23. The van der Waals surface area contributed by atoms with Crippen LogP contribution in [0.25, 0.3) is 0 Å². The smallest absolute Gasteiger partial charge is 0.103 e. The molecule has 0 amide bonds. The zero-order chi connectivity index (χ0) is 6.85. The van der Waals surface area contributed by atoms with E-state index in [1.807, 2.05) is 0 Å². The normalized spacial score (nSPS) is 36.0. The van der Waals surface area contributed by atoms with Crippen LogP contribution in [0.2, 0.25) is 0 Å². The first-order valence-electron chi connectivity index (χ1n) is 3.86. The van der Waals surface area contributed by atoms with E-state index in [1.54, 1.807) is 0 Å². The number of rotatable bonds is 1. The second-order valence-electron chi connectivity index (χ2n) is 3.35. The molecule has 0 aromatic carbocycles. The molecule has 0 N–H and O–H groups in total. The molecule has 54 valence electrons. The van der Waals surface area contributed by atoms with E-state index >= 15 is 0 Å². The fourth-order valence-corrected chi connectivity index (χ4v) is 1.69. The standard InChI is InChI=1S/C8H15F/c1-6(2)7-4-3-5-8(7)9/h6-8H,3-5H2,1-2H3. The molecule has 0 spiro atoms. The summed E-state index contributed by atoms with van der Waals surface area (Å²) in [5.74, 6) is 0.910. The molecule has 9 heavy (non-hydrogen) atoms. The Hall–Kier alpha value is -0.0700. The maximum absolute atomic E-state index is 12.8. The van der Waals surface area contributed by atoms with Crippen LogP contribution in [0.15, 0.2) is 0 Å². The van der Waals surface area contributed by atoms with Crippen molar-refractivity contribution in [1.29, 1.82) is 0 Å². The Morgan fingerprint density at radius 1 is 1.33 bits per heavy atom. The van der Waals surface area contributed by atoms with Gasteiger partial charge in [-0.3, -0.25) is 0 Å². The zero-order valence-corrected chi connectivity index (χ0v) is 6.23. The van der Waals surface area contributed by atoms with Gasteiger partial charge in [0.25, 0.3) is 0 Å². The minimum atomic E-state index is -0.495. The lowest BCUT2D eigenvalue weighted by Gasteiger charge is -2.15. The SMILES string of the molecule is CC(C)C1CCCC1F. The molecule has 1 saturated carbocycles. The van der Waals surface area contributed by atoms with Gasteiger partial charge >= 0.3 is 0 Å². The maximum Gasteiger partial charge on any atom is 0.103 e. The average molecular weight is 130 g/mol. The summed E-state index contributed by atoms with van der Waals surface area (Å²) in [6.07, 6.45) is 2.52. The molecule has 0 aromatic rings. The summed E-state index contributed by atoms with van der Waals surface area (Å²) in [6.45, 7) is 4.23. The quantitative estimate of drug-likeness (QED) is 0.512. The molecule has 1 aliphatic rings. The maximum atomic E-state index is 12.8. The van der Waals surface area contributed by atoms with Gasteiger partial charge in [0.2, 0.25) is 0 Å². The van der Waals surface area contributed by atoms with Crippen LogP contribution in [-0.2, 0) is 0 Å². The van der Waals surface area contributed by atoms with Crippen molar-refractivity contribution >= 4 is 0 Å². The molecule has 0 saturated heterocycles. The van der Waals surface area contributed by atoms with Crippen molar-refractivity contribution < 1.29 is 4.39 Å². The summed E-state index contributed by atoms with van der Waals surface area (Å²) in [4.78, 5) is 0. The largest absolute Gasteiger partial charge is 0.247 e. The van der Waals surface area contributed by atoms with Crippen molar-refractivity contribution in [2.75, 3.05) is 0 Å². The first-order chi connectivity index (χ1) is 4.22. The predicted molar refractivity (Wildman–Crippen MR) is 37.1 cm³/mol. The van der Waals surface area contributed by atoms with Crippen molar-refractivity contribution in [2.45, 2.75) is 39.3 Å². The Labute approximate surface area is 56.5 Å². The minimum Gasteiger partial charge on any atom is -0.247 e. The molecular formula is C8H15F. The van der Waals surface area contributed by atoms with Crippen LogP contribution in [0.3, 0.4) is 0 Å². The Morgan fingerprint density at radius 2 is 2.00 bits per heavy atom. The summed E-state index contributed by atoms with van der Waals surface area (Å²) in [7, 11) is 0. The first kappa shape index (κ1) is 7.04. The second kappa shape index (κ2) is 2.68. The molecule has 2 unspecified atom stereocenters. The van der Waals surface area contributed by atoms with E-state index in [-0.39, 0.29) is 0 Å². The van der Waals surface area contributed by atoms with Crippen LogP contribution in [0.5, 0.6) is 0 Å². The van der Waals surface area contributed by atoms with E-state index in [0.717, 1.165) is 19.3 Å². The van der Waals surface area contributed by atoms with Gasteiger partial charge in [0.1, 0.15) is 6.17 Å². The topological polar surface area (TPSA) is 0 Å². The summed E-state index contributed by atoms with van der Waals surface area (Å²) >= 11 is 0. The summed E-state index contributed by atoms with van der Waals surface area (Å²) in [6, 6.07) is 0. The van der Waals surface area contributed by atoms with Gasteiger partial charge in [0.05, 0.1) is 0 Å². The van der Waals surface area contributed by atoms with Gasteiger partial charge in [-0.1, -0.05) is 20.3 Å². The molecule has 0 aromatic heterocycles. The van der Waals surface area contributed by atoms with E-state index in [1.165, 1.54) is 0 Å². The summed E-state index contributed by atoms with van der Waals surface area (Å²) < 4.78 is 12.8. The first-order valence-corrected chi connectivity index (χ1v) is 3.86. The van der Waals surface area contributed by atoms with Crippen molar-refractivity contribution in [2.24, 2.45) is 11.8 Å². The lowest BCUT2D eigenvalue weighted by Crippen LogP contribution is -2.14. The molecule has 1 aliphatic carbocycles. The van der Waals surface area contributed by atoms with Crippen molar-refractivity contribution in [3.05, 3.63) is 0 Å².